The number of rotatable bonds is 8. The van der Waals surface area contributed by atoms with Gasteiger partial charge in [-0.25, -0.2) is 0 Å². The standard InChI is InChI=1S/C26H19N6O10S3/c27-15-2-1-14-11-24(45(40,41)42)25(26(33)20(14)12-15)31-29-23-10-9-22(19-8-7-18(13-21(19)23)44(37,38)39)30-32-28-16-3-5-17(6-4-16)43(34,35)36/h1-13,33H,27H2,(H,34,35,36)(H,37,38,39)(H,40,41,42). The van der Waals surface area contributed by atoms with Crippen LogP contribution in [0.15, 0.2) is 114 Å². The summed E-state index contributed by atoms with van der Waals surface area (Å²) < 4.78 is 99.0. The fourth-order valence-electron chi connectivity index (χ4n) is 4.19. The van der Waals surface area contributed by atoms with Crippen molar-refractivity contribution in [2.45, 2.75) is 14.7 Å². The van der Waals surface area contributed by atoms with E-state index >= 15 is 0 Å². The van der Waals surface area contributed by atoms with Gasteiger partial charge in [0.1, 0.15) is 10.6 Å². The highest BCUT2D eigenvalue weighted by molar-refractivity contribution is 7.86. The number of azo groups is 1. The van der Waals surface area contributed by atoms with Crippen LogP contribution in [0, 0.1) is 0 Å². The summed E-state index contributed by atoms with van der Waals surface area (Å²) in [6.07, 6.45) is 0. The molecule has 0 unspecified atom stereocenters. The summed E-state index contributed by atoms with van der Waals surface area (Å²) in [5.41, 5.74) is 9.50. The smallest absolute Gasteiger partial charge is 0.296 e. The molecule has 1 radical (unpaired) electrons. The fraction of sp³-hybridized carbons (Fsp3) is 0. The van der Waals surface area contributed by atoms with E-state index in [1.165, 1.54) is 48.5 Å². The first-order valence-electron chi connectivity index (χ1n) is 12.2. The van der Waals surface area contributed by atoms with Gasteiger partial charge in [0, 0.05) is 21.8 Å². The second-order valence-electron chi connectivity index (χ2n) is 9.27. The Hall–Kier alpha value is -5.05. The number of phenols is 1. The Labute approximate surface area is 254 Å². The van der Waals surface area contributed by atoms with E-state index in [2.05, 4.69) is 26.0 Å². The highest BCUT2D eigenvalue weighted by Crippen LogP contribution is 2.43. The van der Waals surface area contributed by atoms with E-state index in [4.69, 9.17) is 10.3 Å². The average molecular weight is 672 g/mol. The van der Waals surface area contributed by atoms with Crippen molar-refractivity contribution >= 4 is 80.3 Å². The molecule has 5 rings (SSSR count). The molecule has 0 aliphatic rings. The van der Waals surface area contributed by atoms with Crippen LogP contribution in [-0.2, 0) is 30.4 Å². The predicted molar refractivity (Wildman–Crippen MR) is 160 cm³/mol. The maximum Gasteiger partial charge on any atom is 0.296 e. The van der Waals surface area contributed by atoms with Crippen LogP contribution in [0.1, 0.15) is 0 Å². The van der Waals surface area contributed by atoms with Gasteiger partial charge in [-0.05, 0) is 77.3 Å². The Morgan fingerprint density at radius 1 is 0.578 bits per heavy atom. The predicted octanol–water partition coefficient (Wildman–Crippen LogP) is 5.37. The lowest BCUT2D eigenvalue weighted by atomic mass is 10.1. The molecule has 0 heterocycles. The van der Waals surface area contributed by atoms with Crippen molar-refractivity contribution in [2.75, 3.05) is 5.73 Å². The molecule has 231 valence electrons. The number of anilines is 1. The van der Waals surface area contributed by atoms with Crippen LogP contribution in [0.4, 0.5) is 28.4 Å². The van der Waals surface area contributed by atoms with Gasteiger partial charge in [-0.2, -0.15) is 25.3 Å². The molecule has 0 aliphatic carbocycles. The summed E-state index contributed by atoms with van der Waals surface area (Å²) >= 11 is 0. The van der Waals surface area contributed by atoms with Crippen molar-refractivity contribution in [1.82, 2.24) is 5.43 Å². The van der Waals surface area contributed by atoms with Gasteiger partial charge in [0.2, 0.25) is 0 Å². The fourth-order valence-corrected chi connectivity index (χ4v) is 5.84. The van der Waals surface area contributed by atoms with E-state index in [1.54, 1.807) is 0 Å². The van der Waals surface area contributed by atoms with Crippen LogP contribution in [0.25, 0.3) is 21.5 Å². The molecule has 0 atom stereocenters. The van der Waals surface area contributed by atoms with E-state index in [9.17, 15) is 39.5 Å². The quantitative estimate of drug-likeness (QED) is 0.0605. The van der Waals surface area contributed by atoms with E-state index in [0.29, 0.717) is 0 Å². The minimum atomic E-state index is -4.92. The van der Waals surface area contributed by atoms with Crippen molar-refractivity contribution in [3.05, 3.63) is 78.9 Å². The van der Waals surface area contributed by atoms with E-state index in [0.717, 1.165) is 30.3 Å². The minimum absolute atomic E-state index is 0.0424. The molecule has 0 fully saturated rings. The van der Waals surface area contributed by atoms with Crippen LogP contribution in [-0.4, -0.2) is 44.0 Å². The molecule has 5 aromatic rings. The van der Waals surface area contributed by atoms with Crippen LogP contribution >= 0.6 is 0 Å². The highest BCUT2D eigenvalue weighted by atomic mass is 32.2. The maximum atomic E-state index is 12.2. The highest BCUT2D eigenvalue weighted by Gasteiger charge is 2.22. The van der Waals surface area contributed by atoms with E-state index < -0.39 is 51.6 Å². The lowest BCUT2D eigenvalue weighted by molar-refractivity contribution is 0.472. The Morgan fingerprint density at radius 3 is 1.82 bits per heavy atom. The van der Waals surface area contributed by atoms with Crippen LogP contribution in [0.3, 0.4) is 0 Å². The van der Waals surface area contributed by atoms with Crippen molar-refractivity contribution in [2.24, 2.45) is 20.6 Å². The molecule has 5 aromatic carbocycles. The van der Waals surface area contributed by atoms with Crippen LogP contribution < -0.4 is 11.2 Å². The summed E-state index contributed by atoms with van der Waals surface area (Å²) in [5.74, 6) is -0.657. The van der Waals surface area contributed by atoms with Crippen molar-refractivity contribution in [1.29, 1.82) is 0 Å². The zero-order valence-electron chi connectivity index (χ0n) is 22.3. The molecule has 0 aromatic heterocycles. The van der Waals surface area contributed by atoms with Gasteiger partial charge in [-0.3, -0.25) is 13.7 Å². The summed E-state index contributed by atoms with van der Waals surface area (Å²) in [6.45, 7) is 0. The summed E-state index contributed by atoms with van der Waals surface area (Å²) in [4.78, 5) is -1.64. The SMILES string of the molecule is Nc1ccc2cc(S(=O)(=O)O)c(N=Nc3ccc(N=N[N]c4ccc(S(=O)(=O)O)cc4)c4ccc(S(=O)(=O)O)cc34)c(O)c2c1. The van der Waals surface area contributed by atoms with Crippen molar-refractivity contribution in [3.63, 3.8) is 0 Å². The zero-order chi connectivity index (χ0) is 32.7. The summed E-state index contributed by atoms with van der Waals surface area (Å²) in [6, 6.07) is 16.1. The molecule has 0 bridgehead atoms. The van der Waals surface area contributed by atoms with Gasteiger partial charge >= 0.3 is 0 Å². The Morgan fingerprint density at radius 2 is 1.20 bits per heavy atom. The van der Waals surface area contributed by atoms with Gasteiger partial charge in [-0.1, -0.05) is 12.1 Å². The minimum Gasteiger partial charge on any atom is -0.505 e. The number of phenolic OH excluding ortho intramolecular Hbond substituents is 1. The lowest BCUT2D eigenvalue weighted by Gasteiger charge is -2.10. The number of nitrogens with two attached hydrogens (primary N) is 1. The van der Waals surface area contributed by atoms with Crippen LogP contribution in [0.5, 0.6) is 5.75 Å². The Kier molecular flexibility index (Phi) is 7.99. The number of fused-ring (bicyclic) bond motifs is 2. The number of benzene rings is 5. The molecule has 0 spiro atoms. The molecule has 19 heteroatoms. The molecule has 0 aliphatic heterocycles. The summed E-state index contributed by atoms with van der Waals surface area (Å²) in [5, 5.41) is 27.1. The first-order valence-corrected chi connectivity index (χ1v) is 16.5. The van der Waals surface area contributed by atoms with E-state index in [1.807, 2.05) is 0 Å². The molecule has 45 heavy (non-hydrogen) atoms. The molecule has 0 saturated heterocycles. The zero-order valence-corrected chi connectivity index (χ0v) is 24.7. The monoisotopic (exact) mass is 671 g/mol. The lowest BCUT2D eigenvalue weighted by Crippen LogP contribution is -1.99. The van der Waals surface area contributed by atoms with Gasteiger partial charge in [-0.15, -0.1) is 20.8 Å². The molecule has 0 amide bonds. The number of nitrogen functional groups attached to an aromatic ring is 1. The second kappa shape index (κ2) is 11.5. The Balaban J connectivity index is 1.60. The number of nitrogens with zero attached hydrogens (tertiary/aromatic N) is 5. The largest absolute Gasteiger partial charge is 0.505 e. The molecule has 0 saturated carbocycles. The summed E-state index contributed by atoms with van der Waals surface area (Å²) in [7, 11) is -14.0. The third-order valence-electron chi connectivity index (χ3n) is 6.30. The third-order valence-corrected chi connectivity index (χ3v) is 8.88. The first kappa shape index (κ1) is 31.4. The Bertz CT molecular complexity index is 2400. The van der Waals surface area contributed by atoms with Gasteiger partial charge in [0.05, 0.1) is 26.9 Å². The first-order chi connectivity index (χ1) is 21.0. The van der Waals surface area contributed by atoms with Crippen molar-refractivity contribution < 1.29 is 44.0 Å². The second-order valence-corrected chi connectivity index (χ2v) is 13.5. The number of aromatic hydroxyl groups is 1. The maximum absolute atomic E-state index is 12.2. The average Bonchev–Trinajstić information content (AvgIpc) is 2.96. The molecular formula is C26H19N6O10S3. The number of hydrogen-bond donors (Lipinski definition) is 5. The van der Waals surface area contributed by atoms with Gasteiger partial charge in [0.25, 0.3) is 30.4 Å². The third kappa shape index (κ3) is 6.72. The molecule has 6 N–H and O–H groups in total. The normalized spacial score (nSPS) is 12.9. The molecular weight excluding hydrogens is 653 g/mol. The van der Waals surface area contributed by atoms with Gasteiger partial charge < -0.3 is 10.8 Å². The van der Waals surface area contributed by atoms with Crippen molar-refractivity contribution in [3.8, 4) is 5.75 Å². The van der Waals surface area contributed by atoms with Gasteiger partial charge in [0.15, 0.2) is 5.75 Å². The van der Waals surface area contributed by atoms with Crippen LogP contribution in [0.2, 0.25) is 0 Å². The number of hydrogen-bond acceptors (Lipinski definition) is 12. The topological polar surface area (TPSA) is 273 Å². The molecule has 16 nitrogen and oxygen atoms in total. The van der Waals surface area contributed by atoms with E-state index in [-0.39, 0.29) is 49.2 Å².